The second-order valence-corrected chi connectivity index (χ2v) is 7.36. The number of halogens is 1. The lowest BCUT2D eigenvalue weighted by Crippen LogP contribution is -2.42. The molecular weight excluding hydrogens is 293 g/mol. The smallest absolute Gasteiger partial charge is 0.264 e. The topological polar surface area (TPSA) is 63.2 Å². The van der Waals surface area contributed by atoms with Gasteiger partial charge < -0.3 is 0 Å². The van der Waals surface area contributed by atoms with Crippen molar-refractivity contribution in [3.63, 3.8) is 0 Å². The minimum Gasteiger partial charge on any atom is -0.273 e. The van der Waals surface area contributed by atoms with E-state index < -0.39 is 27.2 Å². The van der Waals surface area contributed by atoms with Gasteiger partial charge in [-0.25, -0.2) is 17.5 Å². The van der Waals surface area contributed by atoms with E-state index in [0.717, 1.165) is 12.5 Å². The first kappa shape index (κ1) is 15.7. The molecule has 1 unspecified atom stereocenters. The number of nitrogens with one attached hydrogen (secondary N) is 1. The van der Waals surface area contributed by atoms with Crippen molar-refractivity contribution in [2.75, 3.05) is 0 Å². The van der Waals surface area contributed by atoms with Gasteiger partial charge in [-0.15, -0.1) is 0 Å². The third-order valence-corrected chi connectivity index (χ3v) is 5.01. The van der Waals surface area contributed by atoms with E-state index in [9.17, 15) is 17.6 Å². The normalized spacial score (nSPS) is 22.0. The van der Waals surface area contributed by atoms with Crippen LogP contribution in [0.5, 0.6) is 0 Å². The highest BCUT2D eigenvalue weighted by atomic mass is 32.2. The molecule has 0 bridgehead atoms. The Hall–Kier alpha value is -1.69. The third kappa shape index (κ3) is 3.50. The van der Waals surface area contributed by atoms with Crippen molar-refractivity contribution in [1.82, 2.24) is 4.72 Å². The minimum absolute atomic E-state index is 0.233. The quantitative estimate of drug-likeness (QED) is 0.873. The average molecular weight is 311 g/mol. The molecule has 0 aliphatic heterocycles. The molecule has 0 spiro atoms. The van der Waals surface area contributed by atoms with Crippen LogP contribution in [0.3, 0.4) is 0 Å². The SMILES string of the molecule is Cc1cc(F)cc(S(=O)(=O)NC(=O)C2(C)CC=CCC2)c1. The Morgan fingerprint density at radius 2 is 2.00 bits per heavy atom. The van der Waals surface area contributed by atoms with E-state index in [0.29, 0.717) is 18.4 Å². The van der Waals surface area contributed by atoms with Crippen molar-refractivity contribution in [2.45, 2.75) is 38.0 Å². The maximum Gasteiger partial charge on any atom is 0.264 e. The zero-order valence-corrected chi connectivity index (χ0v) is 12.8. The summed E-state index contributed by atoms with van der Waals surface area (Å²) in [5.74, 6) is -1.19. The Morgan fingerprint density at radius 3 is 2.57 bits per heavy atom. The van der Waals surface area contributed by atoms with Crippen LogP contribution >= 0.6 is 0 Å². The molecule has 1 aliphatic rings. The molecule has 1 amide bonds. The second kappa shape index (κ2) is 5.60. The standard InChI is InChI=1S/C15H18FNO3S/c1-11-8-12(16)10-13(9-11)21(19,20)17-14(18)15(2)6-4-3-5-7-15/h3-4,8-10H,5-7H2,1-2H3,(H,17,18). The summed E-state index contributed by atoms with van der Waals surface area (Å²) in [6, 6.07) is 3.47. The van der Waals surface area contributed by atoms with E-state index in [1.165, 1.54) is 12.1 Å². The summed E-state index contributed by atoms with van der Waals surface area (Å²) < 4.78 is 39.8. The molecule has 0 fully saturated rings. The lowest BCUT2D eigenvalue weighted by molar-refractivity contribution is -0.128. The molecule has 0 saturated carbocycles. The van der Waals surface area contributed by atoms with Gasteiger partial charge in [0.25, 0.3) is 10.0 Å². The van der Waals surface area contributed by atoms with Crippen LogP contribution in [0, 0.1) is 18.2 Å². The van der Waals surface area contributed by atoms with Gasteiger partial charge in [-0.2, -0.15) is 0 Å². The fourth-order valence-corrected chi connectivity index (χ4v) is 3.55. The Labute approximate surface area is 124 Å². The third-order valence-electron chi connectivity index (χ3n) is 3.70. The number of carbonyl (C=O) groups excluding carboxylic acids is 1. The maximum atomic E-state index is 13.3. The summed E-state index contributed by atoms with van der Waals surface area (Å²) in [6.45, 7) is 3.33. The van der Waals surface area contributed by atoms with Gasteiger partial charge in [-0.05, 0) is 49.9 Å². The van der Waals surface area contributed by atoms with Crippen molar-refractivity contribution < 1.29 is 17.6 Å². The molecule has 21 heavy (non-hydrogen) atoms. The zero-order valence-electron chi connectivity index (χ0n) is 12.0. The molecule has 0 heterocycles. The number of aryl methyl sites for hydroxylation is 1. The van der Waals surface area contributed by atoms with Crippen molar-refractivity contribution in [2.24, 2.45) is 5.41 Å². The summed E-state index contributed by atoms with van der Waals surface area (Å²) in [4.78, 5) is 12.0. The average Bonchev–Trinajstić information content (AvgIpc) is 2.38. The molecule has 114 valence electrons. The Morgan fingerprint density at radius 1 is 1.29 bits per heavy atom. The number of rotatable bonds is 3. The van der Waals surface area contributed by atoms with Gasteiger partial charge in [-0.1, -0.05) is 19.1 Å². The first-order valence-electron chi connectivity index (χ1n) is 6.72. The lowest BCUT2D eigenvalue weighted by atomic mass is 9.78. The van der Waals surface area contributed by atoms with Gasteiger partial charge in [-0.3, -0.25) is 4.79 Å². The minimum atomic E-state index is -4.06. The maximum absolute atomic E-state index is 13.3. The Balaban J connectivity index is 2.25. The zero-order chi connectivity index (χ0) is 15.7. The largest absolute Gasteiger partial charge is 0.273 e. The first-order chi connectivity index (χ1) is 9.73. The molecule has 2 rings (SSSR count). The summed E-state index contributed by atoms with van der Waals surface area (Å²) in [5.41, 5.74) is -0.265. The Bertz CT molecular complexity index is 677. The van der Waals surface area contributed by atoms with E-state index in [4.69, 9.17) is 0 Å². The lowest BCUT2D eigenvalue weighted by Gasteiger charge is -2.28. The molecule has 1 aromatic rings. The summed E-state index contributed by atoms with van der Waals surface area (Å²) in [6.07, 6.45) is 5.67. The predicted molar refractivity (Wildman–Crippen MR) is 77.6 cm³/mol. The number of hydrogen-bond donors (Lipinski definition) is 1. The van der Waals surface area contributed by atoms with Crippen LogP contribution in [-0.2, 0) is 14.8 Å². The molecule has 6 heteroatoms. The molecule has 0 radical (unpaired) electrons. The van der Waals surface area contributed by atoms with E-state index in [2.05, 4.69) is 4.72 Å². The van der Waals surface area contributed by atoms with E-state index >= 15 is 0 Å². The van der Waals surface area contributed by atoms with Crippen LogP contribution in [0.4, 0.5) is 4.39 Å². The molecule has 0 saturated heterocycles. The molecule has 0 aromatic heterocycles. The molecule has 1 atom stereocenters. The van der Waals surface area contributed by atoms with Crippen molar-refractivity contribution in [3.05, 3.63) is 41.7 Å². The number of sulfonamides is 1. The van der Waals surface area contributed by atoms with E-state index in [1.807, 2.05) is 12.2 Å². The number of hydrogen-bond acceptors (Lipinski definition) is 3. The fraction of sp³-hybridized carbons (Fsp3) is 0.400. The van der Waals surface area contributed by atoms with E-state index in [1.54, 1.807) is 13.8 Å². The molecule has 1 aromatic carbocycles. The number of carbonyl (C=O) groups is 1. The summed E-state index contributed by atoms with van der Waals surface area (Å²) in [5, 5.41) is 0. The van der Waals surface area contributed by atoms with Crippen LogP contribution in [-0.4, -0.2) is 14.3 Å². The van der Waals surface area contributed by atoms with Crippen LogP contribution in [0.25, 0.3) is 0 Å². The van der Waals surface area contributed by atoms with Crippen LogP contribution in [0.15, 0.2) is 35.2 Å². The van der Waals surface area contributed by atoms with Gasteiger partial charge in [0.15, 0.2) is 0 Å². The molecule has 1 aliphatic carbocycles. The van der Waals surface area contributed by atoms with E-state index in [-0.39, 0.29) is 4.90 Å². The summed E-state index contributed by atoms with van der Waals surface area (Å²) >= 11 is 0. The monoisotopic (exact) mass is 311 g/mol. The van der Waals surface area contributed by atoms with Crippen LogP contribution < -0.4 is 4.72 Å². The van der Waals surface area contributed by atoms with Crippen molar-refractivity contribution in [3.8, 4) is 0 Å². The summed E-state index contributed by atoms with van der Waals surface area (Å²) in [7, 11) is -4.06. The van der Waals surface area contributed by atoms with Gasteiger partial charge in [0, 0.05) is 0 Å². The highest BCUT2D eigenvalue weighted by Crippen LogP contribution is 2.32. The molecule has 1 N–H and O–H groups in total. The van der Waals surface area contributed by atoms with Gasteiger partial charge >= 0.3 is 0 Å². The predicted octanol–water partition coefficient (Wildman–Crippen LogP) is 2.69. The number of allylic oxidation sites excluding steroid dienone is 2. The fourth-order valence-electron chi connectivity index (χ4n) is 2.33. The molecule has 4 nitrogen and oxygen atoms in total. The van der Waals surface area contributed by atoms with Crippen molar-refractivity contribution in [1.29, 1.82) is 0 Å². The van der Waals surface area contributed by atoms with Gasteiger partial charge in [0.2, 0.25) is 5.91 Å². The first-order valence-corrected chi connectivity index (χ1v) is 8.21. The highest BCUT2D eigenvalue weighted by Gasteiger charge is 2.35. The number of amides is 1. The second-order valence-electron chi connectivity index (χ2n) is 5.67. The molecular formula is C15H18FNO3S. The van der Waals surface area contributed by atoms with Gasteiger partial charge in [0.1, 0.15) is 5.82 Å². The highest BCUT2D eigenvalue weighted by molar-refractivity contribution is 7.90. The Kier molecular flexibility index (Phi) is 4.18. The van der Waals surface area contributed by atoms with Gasteiger partial charge in [0.05, 0.1) is 10.3 Å². The van der Waals surface area contributed by atoms with Crippen molar-refractivity contribution >= 4 is 15.9 Å². The van der Waals surface area contributed by atoms with Crippen LogP contribution in [0.2, 0.25) is 0 Å². The van der Waals surface area contributed by atoms with Crippen LogP contribution in [0.1, 0.15) is 31.7 Å². The number of benzene rings is 1.